The summed E-state index contributed by atoms with van der Waals surface area (Å²) in [5.41, 5.74) is 2.31. The van der Waals surface area contributed by atoms with Crippen molar-refractivity contribution in [3.63, 3.8) is 0 Å². The highest BCUT2D eigenvalue weighted by Crippen LogP contribution is 2.22. The normalized spacial score (nSPS) is 10.4. The summed E-state index contributed by atoms with van der Waals surface area (Å²) in [4.78, 5) is 13.9. The Hall–Kier alpha value is -1.71. The predicted molar refractivity (Wildman–Crippen MR) is 91.6 cm³/mol. The smallest absolute Gasteiger partial charge is 0.317 e. The Kier molecular flexibility index (Phi) is 8.41. The quantitative estimate of drug-likeness (QED) is 0.703. The average Bonchev–Trinajstić information content (AvgIpc) is 2.49. The van der Waals surface area contributed by atoms with E-state index < -0.39 is 0 Å². The molecule has 0 saturated heterocycles. The first-order chi connectivity index (χ1) is 10.6. The molecule has 0 aliphatic rings. The van der Waals surface area contributed by atoms with E-state index in [1.165, 1.54) is 0 Å². The summed E-state index contributed by atoms with van der Waals surface area (Å²) in [6.45, 7) is 11.2. The molecule has 0 heterocycles. The first-order valence-corrected chi connectivity index (χ1v) is 8.31. The van der Waals surface area contributed by atoms with Crippen LogP contribution in [0.4, 0.5) is 4.79 Å². The zero-order chi connectivity index (χ0) is 16.4. The van der Waals surface area contributed by atoms with Crippen LogP contribution >= 0.6 is 0 Å². The van der Waals surface area contributed by atoms with Crippen LogP contribution in [-0.2, 0) is 0 Å². The van der Waals surface area contributed by atoms with E-state index in [-0.39, 0.29) is 6.03 Å². The van der Waals surface area contributed by atoms with E-state index >= 15 is 0 Å². The number of carbonyl (C=O) groups excluding carboxylic acids is 1. The third-order valence-corrected chi connectivity index (χ3v) is 3.53. The van der Waals surface area contributed by atoms with Gasteiger partial charge in [-0.05, 0) is 44.2 Å². The second-order valence-corrected chi connectivity index (χ2v) is 5.64. The van der Waals surface area contributed by atoms with Gasteiger partial charge in [-0.1, -0.05) is 32.0 Å². The number of para-hydroxylation sites is 1. The molecule has 0 bridgehead atoms. The van der Waals surface area contributed by atoms with E-state index in [1.54, 1.807) is 0 Å². The van der Waals surface area contributed by atoms with Gasteiger partial charge < -0.3 is 15.0 Å². The van der Waals surface area contributed by atoms with Gasteiger partial charge >= 0.3 is 6.03 Å². The second-order valence-electron chi connectivity index (χ2n) is 5.64. The number of amides is 2. The highest BCUT2D eigenvalue weighted by atomic mass is 16.5. The van der Waals surface area contributed by atoms with Gasteiger partial charge in [-0.3, -0.25) is 0 Å². The van der Waals surface area contributed by atoms with Crippen molar-refractivity contribution in [1.29, 1.82) is 0 Å². The van der Waals surface area contributed by atoms with E-state index in [0.717, 1.165) is 49.2 Å². The van der Waals surface area contributed by atoms with Crippen molar-refractivity contribution >= 4 is 6.03 Å². The van der Waals surface area contributed by atoms with Gasteiger partial charge in [0.15, 0.2) is 0 Å². The zero-order valence-electron chi connectivity index (χ0n) is 14.4. The number of carbonyl (C=O) groups is 1. The van der Waals surface area contributed by atoms with Crippen LogP contribution in [0.2, 0.25) is 0 Å². The molecule has 0 aliphatic heterocycles. The molecule has 1 aromatic rings. The van der Waals surface area contributed by atoms with E-state index in [9.17, 15) is 4.79 Å². The Morgan fingerprint density at radius 2 is 1.73 bits per heavy atom. The molecule has 0 fully saturated rings. The van der Waals surface area contributed by atoms with E-state index in [0.29, 0.717) is 13.2 Å². The third-order valence-electron chi connectivity index (χ3n) is 3.53. The molecule has 0 saturated carbocycles. The molecule has 0 aromatic heterocycles. The number of nitrogens with one attached hydrogen (secondary N) is 1. The van der Waals surface area contributed by atoms with Gasteiger partial charge in [-0.15, -0.1) is 0 Å². The standard InChI is InChI=1S/C18H30N2O2/c1-5-12-20(13-6-2)18(21)19-11-8-14-22-17-15(3)9-7-10-16(17)4/h7,9-10H,5-6,8,11-14H2,1-4H3,(H,19,21). The highest BCUT2D eigenvalue weighted by Gasteiger charge is 2.10. The van der Waals surface area contributed by atoms with Gasteiger partial charge in [0.25, 0.3) is 0 Å². The van der Waals surface area contributed by atoms with Crippen molar-refractivity contribution in [2.24, 2.45) is 0 Å². The number of nitrogens with zero attached hydrogens (tertiary/aromatic N) is 1. The van der Waals surface area contributed by atoms with E-state index in [1.807, 2.05) is 11.0 Å². The first-order valence-electron chi connectivity index (χ1n) is 8.31. The van der Waals surface area contributed by atoms with Crippen LogP contribution in [0.1, 0.15) is 44.2 Å². The van der Waals surface area contributed by atoms with Crippen LogP contribution in [0.15, 0.2) is 18.2 Å². The van der Waals surface area contributed by atoms with Gasteiger partial charge in [0, 0.05) is 19.6 Å². The largest absolute Gasteiger partial charge is 0.493 e. The summed E-state index contributed by atoms with van der Waals surface area (Å²) in [7, 11) is 0. The molecule has 0 spiro atoms. The van der Waals surface area contributed by atoms with Gasteiger partial charge in [-0.2, -0.15) is 0 Å². The van der Waals surface area contributed by atoms with Gasteiger partial charge in [0.1, 0.15) is 5.75 Å². The number of ether oxygens (including phenoxy) is 1. The molecule has 4 heteroatoms. The molecule has 0 unspecified atom stereocenters. The molecule has 124 valence electrons. The summed E-state index contributed by atoms with van der Waals surface area (Å²) in [5, 5.41) is 2.97. The lowest BCUT2D eigenvalue weighted by Gasteiger charge is -2.22. The van der Waals surface area contributed by atoms with E-state index in [2.05, 4.69) is 45.1 Å². The maximum Gasteiger partial charge on any atom is 0.317 e. The maximum atomic E-state index is 12.0. The highest BCUT2D eigenvalue weighted by molar-refractivity contribution is 5.74. The fourth-order valence-corrected chi connectivity index (χ4v) is 2.44. The van der Waals surface area contributed by atoms with E-state index in [4.69, 9.17) is 4.74 Å². The summed E-state index contributed by atoms with van der Waals surface area (Å²) < 4.78 is 5.84. The summed E-state index contributed by atoms with van der Waals surface area (Å²) in [5.74, 6) is 0.965. The molecule has 0 aliphatic carbocycles. The molecular formula is C18H30N2O2. The summed E-state index contributed by atoms with van der Waals surface area (Å²) >= 11 is 0. The van der Waals surface area contributed by atoms with Crippen LogP contribution in [0, 0.1) is 13.8 Å². The molecule has 1 aromatic carbocycles. The predicted octanol–water partition coefficient (Wildman–Crippen LogP) is 3.90. The van der Waals surface area contributed by atoms with Crippen LogP contribution in [0.25, 0.3) is 0 Å². The Balaban J connectivity index is 2.28. The van der Waals surface area contributed by atoms with Gasteiger partial charge in [0.05, 0.1) is 6.61 Å². The topological polar surface area (TPSA) is 41.6 Å². The Morgan fingerprint density at radius 1 is 1.14 bits per heavy atom. The van der Waals surface area contributed by atoms with Gasteiger partial charge in [-0.25, -0.2) is 4.79 Å². The zero-order valence-corrected chi connectivity index (χ0v) is 14.4. The molecule has 22 heavy (non-hydrogen) atoms. The summed E-state index contributed by atoms with van der Waals surface area (Å²) in [6, 6.07) is 6.18. The molecule has 2 amide bonds. The van der Waals surface area contributed by atoms with Gasteiger partial charge in [0.2, 0.25) is 0 Å². The number of hydrogen-bond acceptors (Lipinski definition) is 2. The second kappa shape index (κ2) is 10.1. The number of aryl methyl sites for hydroxylation is 2. The van der Waals surface area contributed by atoms with Crippen molar-refractivity contribution in [2.75, 3.05) is 26.2 Å². The fourth-order valence-electron chi connectivity index (χ4n) is 2.44. The maximum absolute atomic E-state index is 12.0. The van der Waals surface area contributed by atoms with Crippen molar-refractivity contribution in [3.8, 4) is 5.75 Å². The number of hydrogen-bond donors (Lipinski definition) is 1. The number of rotatable bonds is 9. The first kappa shape index (κ1) is 18.3. The van der Waals surface area contributed by atoms with Crippen molar-refractivity contribution < 1.29 is 9.53 Å². The Morgan fingerprint density at radius 3 is 2.27 bits per heavy atom. The van der Waals surface area contributed by atoms with Crippen LogP contribution in [0.5, 0.6) is 5.75 Å². The fraction of sp³-hybridized carbons (Fsp3) is 0.611. The minimum Gasteiger partial charge on any atom is -0.493 e. The third kappa shape index (κ3) is 5.96. The lowest BCUT2D eigenvalue weighted by molar-refractivity contribution is 0.196. The minimum atomic E-state index is 0.0378. The number of urea groups is 1. The van der Waals surface area contributed by atoms with Crippen LogP contribution in [-0.4, -0.2) is 37.2 Å². The summed E-state index contributed by atoms with van der Waals surface area (Å²) in [6.07, 6.45) is 2.79. The Bertz CT molecular complexity index is 434. The van der Waals surface area contributed by atoms with Crippen molar-refractivity contribution in [2.45, 2.75) is 47.0 Å². The lowest BCUT2D eigenvalue weighted by atomic mass is 10.1. The van der Waals surface area contributed by atoms with Crippen LogP contribution < -0.4 is 10.1 Å². The molecule has 0 radical (unpaired) electrons. The average molecular weight is 306 g/mol. The molecule has 1 rings (SSSR count). The molecule has 1 N–H and O–H groups in total. The van der Waals surface area contributed by atoms with Crippen molar-refractivity contribution in [1.82, 2.24) is 10.2 Å². The Labute approximate surface area is 134 Å². The SMILES string of the molecule is CCCN(CCC)C(=O)NCCCOc1c(C)cccc1C. The molecule has 0 atom stereocenters. The molecule has 4 nitrogen and oxygen atoms in total. The minimum absolute atomic E-state index is 0.0378. The molecular weight excluding hydrogens is 276 g/mol. The number of benzene rings is 1. The monoisotopic (exact) mass is 306 g/mol. The lowest BCUT2D eigenvalue weighted by Crippen LogP contribution is -2.41. The van der Waals surface area contributed by atoms with Crippen molar-refractivity contribution in [3.05, 3.63) is 29.3 Å². The van der Waals surface area contributed by atoms with Crippen LogP contribution in [0.3, 0.4) is 0 Å².